The Morgan fingerprint density at radius 2 is 2.04 bits per heavy atom. The third kappa shape index (κ3) is 4.07. The van der Waals surface area contributed by atoms with Gasteiger partial charge < -0.3 is 4.74 Å². The molecule has 0 amide bonds. The van der Waals surface area contributed by atoms with Crippen LogP contribution >= 0.6 is 0 Å². The molecule has 0 radical (unpaired) electrons. The number of aryl methyl sites for hydroxylation is 1. The molecule has 1 aromatic heterocycles. The van der Waals surface area contributed by atoms with Crippen LogP contribution in [0.15, 0.2) is 47.6 Å². The van der Waals surface area contributed by atoms with Gasteiger partial charge in [-0.1, -0.05) is 18.2 Å². The van der Waals surface area contributed by atoms with E-state index < -0.39 is 16.4 Å². The highest BCUT2D eigenvalue weighted by Gasteiger charge is 2.31. The van der Waals surface area contributed by atoms with Crippen molar-refractivity contribution in [2.45, 2.75) is 17.7 Å². The number of rotatable bonds is 4. The first-order valence-corrected chi connectivity index (χ1v) is 9.13. The Hall–Kier alpha value is -2.33. The summed E-state index contributed by atoms with van der Waals surface area (Å²) in [7, 11) is -2.02. The zero-order chi connectivity index (χ0) is 18.9. The van der Waals surface area contributed by atoms with Crippen molar-refractivity contribution in [3.8, 4) is 5.75 Å². The summed E-state index contributed by atoms with van der Waals surface area (Å²) in [5.74, 6) is -0.304. The lowest BCUT2D eigenvalue weighted by Crippen LogP contribution is -2.34. The summed E-state index contributed by atoms with van der Waals surface area (Å²) in [5, 5.41) is 3.87. The fourth-order valence-electron chi connectivity index (χ4n) is 2.71. The maximum atomic E-state index is 12.6. The molecular weight excluding hydrogens is 371 g/mol. The Kier molecular flexibility index (Phi) is 4.80. The lowest BCUT2D eigenvalue weighted by Gasteiger charge is -2.25. The molecule has 0 unspecified atom stereocenters. The number of hydrogen-bond acceptors (Lipinski definition) is 4. The van der Waals surface area contributed by atoms with Crippen molar-refractivity contribution in [3.05, 3.63) is 48.3 Å². The Morgan fingerprint density at radius 3 is 2.62 bits per heavy atom. The van der Waals surface area contributed by atoms with Crippen LogP contribution in [0.5, 0.6) is 5.75 Å². The predicted octanol–water partition coefficient (Wildman–Crippen LogP) is 2.80. The first kappa shape index (κ1) is 18.5. The van der Waals surface area contributed by atoms with Gasteiger partial charge in [-0.2, -0.15) is 9.40 Å². The van der Waals surface area contributed by atoms with Crippen LogP contribution in [0.1, 0.15) is 12.0 Å². The summed E-state index contributed by atoms with van der Waals surface area (Å²) in [6, 6.07) is 5.65. The van der Waals surface area contributed by atoms with Crippen molar-refractivity contribution in [2.24, 2.45) is 7.05 Å². The van der Waals surface area contributed by atoms with Crippen LogP contribution in [0.25, 0.3) is 5.57 Å². The fourth-order valence-corrected chi connectivity index (χ4v) is 4.07. The molecule has 1 aliphatic rings. The summed E-state index contributed by atoms with van der Waals surface area (Å²) < 4.78 is 68.8. The summed E-state index contributed by atoms with van der Waals surface area (Å²) in [6.07, 6.45) is 0.0340. The molecule has 1 aliphatic heterocycles. The largest absolute Gasteiger partial charge is 0.573 e. The van der Waals surface area contributed by atoms with Gasteiger partial charge in [-0.3, -0.25) is 4.68 Å². The van der Waals surface area contributed by atoms with Crippen LogP contribution in [0.4, 0.5) is 13.2 Å². The summed E-state index contributed by atoms with van der Waals surface area (Å²) in [6.45, 7) is 0.365. The SMILES string of the molecule is Cn1cc(S(=O)(=O)N2CC=C(c3cccc(OC(F)(F)F)c3)CC2)cn1. The van der Waals surface area contributed by atoms with E-state index in [0.717, 1.165) is 5.57 Å². The minimum Gasteiger partial charge on any atom is -0.406 e. The third-order valence-electron chi connectivity index (χ3n) is 3.93. The van der Waals surface area contributed by atoms with E-state index in [1.807, 2.05) is 0 Å². The summed E-state index contributed by atoms with van der Waals surface area (Å²) in [5.41, 5.74) is 1.35. The van der Waals surface area contributed by atoms with Gasteiger partial charge in [-0.05, 0) is 29.7 Å². The second-order valence-electron chi connectivity index (χ2n) is 5.77. The number of halogens is 3. The standard InChI is InChI=1S/C16H16F3N3O3S/c1-21-11-15(10-20-21)26(23,24)22-7-5-12(6-8-22)13-3-2-4-14(9-13)25-16(17,18)19/h2-5,9-11H,6-8H2,1H3. The monoisotopic (exact) mass is 387 g/mol. The van der Waals surface area contributed by atoms with Crippen molar-refractivity contribution in [1.29, 1.82) is 0 Å². The number of alkyl halides is 3. The minimum atomic E-state index is -4.76. The van der Waals surface area contributed by atoms with Gasteiger partial charge >= 0.3 is 6.36 Å². The first-order chi connectivity index (χ1) is 12.1. The number of nitrogens with zero attached hydrogens (tertiary/aromatic N) is 3. The Morgan fingerprint density at radius 1 is 1.27 bits per heavy atom. The Bertz CT molecular complexity index is 935. The highest BCUT2D eigenvalue weighted by molar-refractivity contribution is 7.89. The fraction of sp³-hybridized carbons (Fsp3) is 0.312. The summed E-state index contributed by atoms with van der Waals surface area (Å²) in [4.78, 5) is 0.109. The Balaban J connectivity index is 1.77. The molecular formula is C16H16F3N3O3S. The molecule has 0 fully saturated rings. The lowest BCUT2D eigenvalue weighted by atomic mass is 10.0. The van der Waals surface area contributed by atoms with Gasteiger partial charge in [0.25, 0.3) is 0 Å². The van der Waals surface area contributed by atoms with Gasteiger partial charge in [0, 0.05) is 26.3 Å². The molecule has 0 saturated heterocycles. The zero-order valence-electron chi connectivity index (χ0n) is 13.8. The van der Waals surface area contributed by atoms with Crippen LogP contribution in [0.3, 0.4) is 0 Å². The van der Waals surface area contributed by atoms with Gasteiger partial charge in [0.1, 0.15) is 10.6 Å². The molecule has 0 bridgehead atoms. The second-order valence-corrected chi connectivity index (χ2v) is 7.71. The summed E-state index contributed by atoms with van der Waals surface area (Å²) >= 11 is 0. The van der Waals surface area contributed by atoms with Gasteiger partial charge in [0.2, 0.25) is 10.0 Å². The van der Waals surface area contributed by atoms with Crippen LogP contribution in [-0.4, -0.2) is 42.0 Å². The van der Waals surface area contributed by atoms with Crippen LogP contribution in [0, 0.1) is 0 Å². The van der Waals surface area contributed by atoms with E-state index in [2.05, 4.69) is 9.84 Å². The molecule has 0 N–H and O–H groups in total. The van der Waals surface area contributed by atoms with E-state index in [4.69, 9.17) is 0 Å². The van der Waals surface area contributed by atoms with Crippen LogP contribution in [0.2, 0.25) is 0 Å². The van der Waals surface area contributed by atoms with Gasteiger partial charge in [0.05, 0.1) is 6.20 Å². The highest BCUT2D eigenvalue weighted by Crippen LogP contribution is 2.30. The molecule has 2 heterocycles. The average Bonchev–Trinajstić information content (AvgIpc) is 3.01. The van der Waals surface area contributed by atoms with Gasteiger partial charge in [-0.15, -0.1) is 13.2 Å². The Labute approximate surface area is 148 Å². The molecule has 26 heavy (non-hydrogen) atoms. The molecule has 0 saturated carbocycles. The normalized spacial score (nSPS) is 16.4. The topological polar surface area (TPSA) is 64.4 Å². The van der Waals surface area contributed by atoms with Crippen molar-refractivity contribution in [1.82, 2.24) is 14.1 Å². The molecule has 2 aromatic rings. The van der Waals surface area contributed by atoms with Crippen molar-refractivity contribution in [3.63, 3.8) is 0 Å². The number of benzene rings is 1. The van der Waals surface area contributed by atoms with Gasteiger partial charge in [-0.25, -0.2) is 8.42 Å². The van der Waals surface area contributed by atoms with Crippen molar-refractivity contribution >= 4 is 15.6 Å². The second kappa shape index (κ2) is 6.76. The van der Waals surface area contributed by atoms with Crippen LogP contribution in [-0.2, 0) is 17.1 Å². The smallest absolute Gasteiger partial charge is 0.406 e. The number of aromatic nitrogens is 2. The maximum Gasteiger partial charge on any atom is 0.573 e. The number of sulfonamides is 1. The number of hydrogen-bond donors (Lipinski definition) is 0. The van der Waals surface area contributed by atoms with Crippen molar-refractivity contribution < 1.29 is 26.3 Å². The van der Waals surface area contributed by atoms with E-state index in [9.17, 15) is 21.6 Å². The molecule has 10 heteroatoms. The molecule has 3 rings (SSSR count). The maximum absolute atomic E-state index is 12.6. The molecule has 140 valence electrons. The number of ether oxygens (including phenoxy) is 1. The highest BCUT2D eigenvalue weighted by atomic mass is 32.2. The van der Waals surface area contributed by atoms with Gasteiger partial charge in [0.15, 0.2) is 0 Å². The first-order valence-electron chi connectivity index (χ1n) is 7.69. The van der Waals surface area contributed by atoms with E-state index in [1.54, 1.807) is 19.2 Å². The van der Waals surface area contributed by atoms with E-state index in [1.165, 1.54) is 39.6 Å². The molecule has 0 aliphatic carbocycles. The predicted molar refractivity (Wildman–Crippen MR) is 87.7 cm³/mol. The quantitative estimate of drug-likeness (QED) is 0.809. The van der Waals surface area contributed by atoms with E-state index in [0.29, 0.717) is 12.0 Å². The lowest BCUT2D eigenvalue weighted by molar-refractivity contribution is -0.274. The van der Waals surface area contributed by atoms with Crippen molar-refractivity contribution in [2.75, 3.05) is 13.1 Å². The van der Waals surface area contributed by atoms with Crippen LogP contribution < -0.4 is 4.74 Å². The zero-order valence-corrected chi connectivity index (χ0v) is 14.6. The average molecular weight is 387 g/mol. The van der Waals surface area contributed by atoms with E-state index >= 15 is 0 Å². The molecule has 0 spiro atoms. The minimum absolute atomic E-state index is 0.109. The molecule has 1 aromatic carbocycles. The molecule has 6 nitrogen and oxygen atoms in total. The third-order valence-corrected chi connectivity index (χ3v) is 5.75. The molecule has 0 atom stereocenters. The van der Waals surface area contributed by atoms with E-state index in [-0.39, 0.29) is 23.7 Å².